The maximum Gasteiger partial charge on any atom is 0.460 e. The molecule has 2 radical (unpaired) electrons. The van der Waals surface area contributed by atoms with Crippen molar-refractivity contribution in [1.29, 1.82) is 0 Å². The van der Waals surface area contributed by atoms with Crippen molar-refractivity contribution in [2.45, 2.75) is 87.8 Å². The van der Waals surface area contributed by atoms with E-state index < -0.39 is 54.4 Å². The van der Waals surface area contributed by atoms with Gasteiger partial charge in [-0.3, -0.25) is 0 Å². The highest BCUT2D eigenvalue weighted by atomic mass is 19.4. The lowest BCUT2D eigenvalue weighted by atomic mass is 9.93. The summed E-state index contributed by atoms with van der Waals surface area (Å²) in [6, 6.07) is 0. The van der Waals surface area contributed by atoms with Gasteiger partial charge in [0.05, 0.1) is 6.10 Å². The first-order valence-electron chi connectivity index (χ1n) is 9.80. The van der Waals surface area contributed by atoms with Gasteiger partial charge >= 0.3 is 29.9 Å². The Kier molecular flexibility index (Phi) is 9.09. The van der Waals surface area contributed by atoms with Crippen LogP contribution >= 0.6 is 0 Å². The van der Waals surface area contributed by atoms with E-state index in [1.807, 2.05) is 6.92 Å². The molecular weight excluding hydrogens is 453 g/mol. The van der Waals surface area contributed by atoms with Gasteiger partial charge in [0.1, 0.15) is 6.61 Å². The first-order chi connectivity index (χ1) is 14.0. The lowest BCUT2D eigenvalue weighted by Gasteiger charge is -2.38. The maximum absolute atomic E-state index is 13.9. The molecule has 0 bridgehead atoms. The van der Waals surface area contributed by atoms with Gasteiger partial charge in [0.15, 0.2) is 0 Å². The molecule has 0 N–H and O–H groups in total. The average molecular weight is 478 g/mol. The number of hydrogen-bond acceptors (Lipinski definition) is 1. The molecule has 0 aromatic carbocycles. The van der Waals surface area contributed by atoms with Crippen LogP contribution in [0.15, 0.2) is 0 Å². The second-order valence-electron chi connectivity index (χ2n) is 7.73. The molecule has 1 rings (SSSR count). The van der Waals surface area contributed by atoms with Gasteiger partial charge in [-0.25, -0.2) is 0 Å². The number of unbranched alkanes of at least 4 members (excludes halogenated alkanes) is 3. The van der Waals surface area contributed by atoms with E-state index in [0.717, 1.165) is 19.3 Å². The van der Waals surface area contributed by atoms with Gasteiger partial charge < -0.3 is 4.74 Å². The topological polar surface area (TPSA) is 9.23 Å². The maximum atomic E-state index is 13.9. The third-order valence-corrected chi connectivity index (χ3v) is 5.45. The number of alkyl halides is 11. The normalized spacial score (nSPS) is 24.1. The minimum absolute atomic E-state index is 0.136. The summed E-state index contributed by atoms with van der Waals surface area (Å²) in [4.78, 5) is 0. The lowest BCUT2D eigenvalue weighted by Crippen LogP contribution is -2.67. The van der Waals surface area contributed by atoms with Crippen LogP contribution < -0.4 is 0 Å². The SMILES string of the molecule is [CH2]CC1C[CH]C(CCCCCC)C1OCC(F)(F)C(F)(F)C(F)(F)C(F)(F)C(F)(F)F. The molecule has 3 unspecified atom stereocenters. The largest absolute Gasteiger partial charge is 0.460 e. The monoisotopic (exact) mass is 478 g/mol. The fraction of sp³-hybridized carbons (Fsp3) is 0.895. The summed E-state index contributed by atoms with van der Waals surface area (Å²) in [6.07, 6.45) is -2.42. The van der Waals surface area contributed by atoms with Crippen LogP contribution in [0.5, 0.6) is 0 Å². The predicted octanol–water partition coefficient (Wildman–Crippen LogP) is 7.51. The van der Waals surface area contributed by atoms with Gasteiger partial charge in [-0.15, -0.1) is 0 Å². The van der Waals surface area contributed by atoms with Gasteiger partial charge in [-0.05, 0) is 37.5 Å². The van der Waals surface area contributed by atoms with Crippen molar-refractivity contribution in [1.82, 2.24) is 0 Å². The number of hydrogen-bond donors (Lipinski definition) is 0. The van der Waals surface area contributed by atoms with E-state index in [1.165, 1.54) is 0 Å². The first kappa shape index (κ1) is 28.2. The Morgan fingerprint density at radius 2 is 1.42 bits per heavy atom. The molecule has 1 saturated carbocycles. The second-order valence-corrected chi connectivity index (χ2v) is 7.73. The fourth-order valence-corrected chi connectivity index (χ4v) is 3.49. The van der Waals surface area contributed by atoms with Gasteiger partial charge in [-0.1, -0.05) is 39.5 Å². The van der Waals surface area contributed by atoms with Crippen molar-refractivity contribution < 1.29 is 53.0 Å². The van der Waals surface area contributed by atoms with Crippen LogP contribution in [0.1, 0.15) is 51.9 Å². The highest BCUT2D eigenvalue weighted by Crippen LogP contribution is 2.57. The molecule has 0 aliphatic heterocycles. The molecule has 1 aliphatic rings. The average Bonchev–Trinajstić information content (AvgIpc) is 3.04. The molecule has 0 aromatic rings. The van der Waals surface area contributed by atoms with Crippen LogP contribution in [0, 0.1) is 25.2 Å². The van der Waals surface area contributed by atoms with E-state index in [4.69, 9.17) is 4.74 Å². The zero-order valence-electron chi connectivity index (χ0n) is 16.7. The molecule has 0 aromatic heterocycles. The smallest absolute Gasteiger partial charge is 0.371 e. The molecule has 12 heteroatoms. The summed E-state index contributed by atoms with van der Waals surface area (Å²) in [5, 5.41) is 0. The Balaban J connectivity index is 2.97. The Morgan fingerprint density at radius 1 is 0.839 bits per heavy atom. The highest BCUT2D eigenvalue weighted by Gasteiger charge is 2.87. The molecule has 184 valence electrons. The number of halogens is 11. The zero-order valence-corrected chi connectivity index (χ0v) is 16.7. The van der Waals surface area contributed by atoms with E-state index in [2.05, 4.69) is 6.92 Å². The molecular formula is C19H25F11O. The number of rotatable bonds is 12. The molecule has 0 saturated heterocycles. The summed E-state index contributed by atoms with van der Waals surface area (Å²) >= 11 is 0. The van der Waals surface area contributed by atoms with Gasteiger partial charge in [-0.2, -0.15) is 48.3 Å². The second kappa shape index (κ2) is 9.99. The molecule has 0 amide bonds. The van der Waals surface area contributed by atoms with Gasteiger partial charge in [0, 0.05) is 0 Å². The molecule has 0 heterocycles. The quantitative estimate of drug-likeness (QED) is 0.208. The van der Waals surface area contributed by atoms with E-state index in [0.29, 0.717) is 19.3 Å². The standard InChI is InChI=1S/C19H25F11O/c1-3-5-6-7-8-13-10-9-12(4-2)14(13)31-11-15(20,21)16(22,23)17(24,25)18(26,27)19(28,29)30/h10,12-14H,2-9,11H2,1H3. The predicted molar refractivity (Wildman–Crippen MR) is 90.2 cm³/mol. The van der Waals surface area contributed by atoms with Crippen LogP contribution in [-0.2, 0) is 4.74 Å². The van der Waals surface area contributed by atoms with Crippen molar-refractivity contribution in [3.63, 3.8) is 0 Å². The molecule has 3 atom stereocenters. The summed E-state index contributed by atoms with van der Waals surface area (Å²) in [7, 11) is 0. The molecule has 1 nitrogen and oxygen atoms in total. The minimum atomic E-state index is -7.40. The summed E-state index contributed by atoms with van der Waals surface area (Å²) in [6.45, 7) is 3.08. The lowest BCUT2D eigenvalue weighted by molar-refractivity contribution is -0.425. The summed E-state index contributed by atoms with van der Waals surface area (Å²) in [5.41, 5.74) is 0. The van der Waals surface area contributed by atoms with E-state index >= 15 is 0 Å². The van der Waals surface area contributed by atoms with Crippen LogP contribution in [0.3, 0.4) is 0 Å². The Labute approximate surface area is 173 Å². The third-order valence-electron chi connectivity index (χ3n) is 5.45. The van der Waals surface area contributed by atoms with Crippen LogP contribution in [0.2, 0.25) is 0 Å². The van der Waals surface area contributed by atoms with E-state index in [9.17, 15) is 48.3 Å². The molecule has 1 fully saturated rings. The Hall–Kier alpha value is -0.810. The highest BCUT2D eigenvalue weighted by molar-refractivity contribution is 5.06. The van der Waals surface area contributed by atoms with E-state index in [1.54, 1.807) is 6.42 Å². The Morgan fingerprint density at radius 3 is 1.90 bits per heavy atom. The van der Waals surface area contributed by atoms with E-state index in [-0.39, 0.29) is 6.42 Å². The van der Waals surface area contributed by atoms with Crippen LogP contribution in [-0.4, -0.2) is 42.6 Å². The van der Waals surface area contributed by atoms with Crippen LogP contribution in [0.4, 0.5) is 48.3 Å². The first-order valence-corrected chi connectivity index (χ1v) is 9.80. The summed E-state index contributed by atoms with van der Waals surface area (Å²) in [5.74, 6) is -28.8. The van der Waals surface area contributed by atoms with Crippen molar-refractivity contribution in [3.8, 4) is 0 Å². The van der Waals surface area contributed by atoms with Gasteiger partial charge in [0.25, 0.3) is 0 Å². The van der Waals surface area contributed by atoms with Crippen molar-refractivity contribution in [2.24, 2.45) is 11.8 Å². The zero-order chi connectivity index (χ0) is 24.3. The Bertz CT molecular complexity index is 560. The molecule has 31 heavy (non-hydrogen) atoms. The summed E-state index contributed by atoms with van der Waals surface area (Å²) < 4.78 is 149. The van der Waals surface area contributed by atoms with Crippen molar-refractivity contribution in [2.75, 3.05) is 6.61 Å². The van der Waals surface area contributed by atoms with Crippen molar-refractivity contribution in [3.05, 3.63) is 13.3 Å². The third kappa shape index (κ3) is 5.58. The van der Waals surface area contributed by atoms with Crippen LogP contribution in [0.25, 0.3) is 0 Å². The van der Waals surface area contributed by atoms with Crippen molar-refractivity contribution >= 4 is 0 Å². The minimum Gasteiger partial charge on any atom is -0.371 e. The van der Waals surface area contributed by atoms with Gasteiger partial charge in [0.2, 0.25) is 0 Å². The molecule has 0 spiro atoms. The fourth-order valence-electron chi connectivity index (χ4n) is 3.49. The molecule has 1 aliphatic carbocycles. The number of ether oxygens (including phenoxy) is 1.